The highest BCUT2D eigenvalue weighted by Gasteiger charge is 2.19. The highest BCUT2D eigenvalue weighted by atomic mass is 16.5. The fourth-order valence-electron chi connectivity index (χ4n) is 1.10. The summed E-state index contributed by atoms with van der Waals surface area (Å²) in [4.78, 5) is 11.2. The molecule has 0 aromatic rings. The van der Waals surface area contributed by atoms with Crippen molar-refractivity contribution in [3.63, 3.8) is 0 Å². The number of ether oxygens (including phenoxy) is 1. The van der Waals surface area contributed by atoms with Crippen LogP contribution in [0.4, 0.5) is 0 Å². The molecule has 0 aliphatic rings. The van der Waals surface area contributed by atoms with E-state index >= 15 is 0 Å². The second-order valence-electron chi connectivity index (χ2n) is 4.57. The van der Waals surface area contributed by atoms with Gasteiger partial charge < -0.3 is 4.74 Å². The summed E-state index contributed by atoms with van der Waals surface area (Å²) in [6.45, 7) is 10.6. The van der Waals surface area contributed by atoms with Crippen molar-refractivity contribution in [2.24, 2.45) is 11.3 Å². The molecule has 0 aromatic heterocycles. The van der Waals surface area contributed by atoms with Crippen LogP contribution in [-0.2, 0) is 9.53 Å². The van der Waals surface area contributed by atoms with Crippen molar-refractivity contribution in [1.82, 2.24) is 0 Å². The van der Waals surface area contributed by atoms with Gasteiger partial charge in [-0.3, -0.25) is 4.79 Å². The lowest BCUT2D eigenvalue weighted by Crippen LogP contribution is -2.16. The van der Waals surface area contributed by atoms with E-state index < -0.39 is 0 Å². The highest BCUT2D eigenvalue weighted by molar-refractivity contribution is 5.70. The average molecular weight is 198 g/mol. The number of esters is 1. The Morgan fingerprint density at radius 1 is 1.43 bits per heavy atom. The van der Waals surface area contributed by atoms with E-state index in [9.17, 15) is 4.79 Å². The van der Waals surface area contributed by atoms with Crippen LogP contribution in [0.25, 0.3) is 0 Å². The molecule has 0 radical (unpaired) electrons. The topological polar surface area (TPSA) is 26.3 Å². The van der Waals surface area contributed by atoms with Crippen LogP contribution in [0.1, 0.15) is 41.0 Å². The molecule has 0 N–H and O–H groups in total. The number of carbonyl (C=O) groups is 1. The summed E-state index contributed by atoms with van der Waals surface area (Å²) in [5, 5.41) is 0. The van der Waals surface area contributed by atoms with E-state index in [1.54, 1.807) is 0 Å². The third-order valence-corrected chi connectivity index (χ3v) is 1.84. The van der Waals surface area contributed by atoms with Crippen molar-refractivity contribution < 1.29 is 9.53 Å². The quantitative estimate of drug-likeness (QED) is 0.501. The van der Waals surface area contributed by atoms with Crippen molar-refractivity contribution in [2.75, 3.05) is 6.61 Å². The van der Waals surface area contributed by atoms with E-state index in [2.05, 4.69) is 26.0 Å². The largest absolute Gasteiger partial charge is 0.466 e. The van der Waals surface area contributed by atoms with Gasteiger partial charge in [0.15, 0.2) is 0 Å². The summed E-state index contributed by atoms with van der Waals surface area (Å²) in [6.07, 6.45) is 4.66. The maximum atomic E-state index is 11.2. The second-order valence-corrected chi connectivity index (χ2v) is 4.57. The molecule has 0 rings (SSSR count). The summed E-state index contributed by atoms with van der Waals surface area (Å²) in [7, 11) is 0. The van der Waals surface area contributed by atoms with Gasteiger partial charge in [-0.25, -0.2) is 0 Å². The molecule has 2 heteroatoms. The minimum atomic E-state index is -0.120. The van der Waals surface area contributed by atoms with Crippen LogP contribution in [-0.4, -0.2) is 12.6 Å². The number of carbonyl (C=O) groups excluding carboxylic acids is 1. The Morgan fingerprint density at radius 2 is 2.00 bits per heavy atom. The molecular weight excluding hydrogens is 176 g/mol. The van der Waals surface area contributed by atoms with Crippen LogP contribution in [0.3, 0.4) is 0 Å². The maximum Gasteiger partial charge on any atom is 0.306 e. The third-order valence-electron chi connectivity index (χ3n) is 1.84. The molecule has 0 fully saturated rings. The fraction of sp³-hybridized carbons (Fsp3) is 0.750. The number of hydrogen-bond acceptors (Lipinski definition) is 2. The van der Waals surface area contributed by atoms with Gasteiger partial charge in [-0.05, 0) is 18.3 Å². The second kappa shape index (κ2) is 5.84. The van der Waals surface area contributed by atoms with E-state index in [0.29, 0.717) is 18.9 Å². The standard InChI is InChI=1S/C12H22O2/c1-6-14-11(13)9-12(4,5)8-7-10(2)3/h7-8,10H,6,9H2,1-5H3. The number of allylic oxidation sites excluding steroid dienone is 2. The molecule has 0 amide bonds. The molecule has 0 saturated heterocycles. The lowest BCUT2D eigenvalue weighted by Gasteiger charge is -2.19. The predicted octanol–water partition coefficient (Wildman–Crippen LogP) is 3.18. The smallest absolute Gasteiger partial charge is 0.306 e. The Morgan fingerprint density at radius 3 is 2.43 bits per heavy atom. The molecule has 0 bridgehead atoms. The van der Waals surface area contributed by atoms with Crippen LogP contribution >= 0.6 is 0 Å². The Labute approximate surface area is 87.3 Å². The molecule has 0 atom stereocenters. The van der Waals surface area contributed by atoms with E-state index in [-0.39, 0.29) is 11.4 Å². The Bertz CT molecular complexity index is 202. The van der Waals surface area contributed by atoms with Gasteiger partial charge in [-0.15, -0.1) is 0 Å². The summed E-state index contributed by atoms with van der Waals surface area (Å²) < 4.78 is 4.91. The normalized spacial score (nSPS) is 12.4. The molecular formula is C12H22O2. The van der Waals surface area contributed by atoms with Crippen molar-refractivity contribution >= 4 is 5.97 Å². The van der Waals surface area contributed by atoms with Gasteiger partial charge in [0.05, 0.1) is 13.0 Å². The average Bonchev–Trinajstić information content (AvgIpc) is 2.00. The van der Waals surface area contributed by atoms with Gasteiger partial charge in [-0.1, -0.05) is 39.8 Å². The Balaban J connectivity index is 4.12. The molecule has 14 heavy (non-hydrogen) atoms. The molecule has 0 heterocycles. The summed E-state index contributed by atoms with van der Waals surface area (Å²) in [5.41, 5.74) is -0.101. The van der Waals surface area contributed by atoms with Crippen LogP contribution < -0.4 is 0 Å². The van der Waals surface area contributed by atoms with Gasteiger partial charge >= 0.3 is 5.97 Å². The molecule has 82 valence electrons. The first-order valence-electron chi connectivity index (χ1n) is 5.22. The van der Waals surface area contributed by atoms with Crippen molar-refractivity contribution in [3.8, 4) is 0 Å². The zero-order valence-corrected chi connectivity index (χ0v) is 9.96. The minimum absolute atomic E-state index is 0.101. The first kappa shape index (κ1) is 13.2. The molecule has 0 aliphatic carbocycles. The zero-order chi connectivity index (χ0) is 11.2. The predicted molar refractivity (Wildman–Crippen MR) is 59.0 cm³/mol. The van der Waals surface area contributed by atoms with E-state index in [1.807, 2.05) is 20.8 Å². The zero-order valence-electron chi connectivity index (χ0n) is 9.96. The minimum Gasteiger partial charge on any atom is -0.466 e. The van der Waals surface area contributed by atoms with E-state index in [1.165, 1.54) is 0 Å². The van der Waals surface area contributed by atoms with Crippen LogP contribution in [0.5, 0.6) is 0 Å². The lowest BCUT2D eigenvalue weighted by molar-refractivity contribution is -0.144. The summed E-state index contributed by atoms with van der Waals surface area (Å²) in [5.74, 6) is 0.405. The Hall–Kier alpha value is -0.790. The monoisotopic (exact) mass is 198 g/mol. The summed E-state index contributed by atoms with van der Waals surface area (Å²) in [6, 6.07) is 0. The fourth-order valence-corrected chi connectivity index (χ4v) is 1.10. The molecule has 2 nitrogen and oxygen atoms in total. The van der Waals surface area contributed by atoms with Gasteiger partial charge in [0, 0.05) is 0 Å². The summed E-state index contributed by atoms with van der Waals surface area (Å²) >= 11 is 0. The van der Waals surface area contributed by atoms with E-state index in [4.69, 9.17) is 4.74 Å². The van der Waals surface area contributed by atoms with E-state index in [0.717, 1.165) is 0 Å². The van der Waals surface area contributed by atoms with Crippen LogP contribution in [0.2, 0.25) is 0 Å². The van der Waals surface area contributed by atoms with Crippen LogP contribution in [0, 0.1) is 11.3 Å². The first-order valence-corrected chi connectivity index (χ1v) is 5.22. The first-order chi connectivity index (χ1) is 6.37. The highest BCUT2D eigenvalue weighted by Crippen LogP contribution is 2.23. The SMILES string of the molecule is CCOC(=O)CC(C)(C)C=CC(C)C. The third kappa shape index (κ3) is 6.70. The van der Waals surface area contributed by atoms with Crippen molar-refractivity contribution in [1.29, 1.82) is 0 Å². The maximum absolute atomic E-state index is 11.2. The van der Waals surface area contributed by atoms with Crippen LogP contribution in [0.15, 0.2) is 12.2 Å². The molecule has 0 saturated carbocycles. The lowest BCUT2D eigenvalue weighted by atomic mass is 9.88. The van der Waals surface area contributed by atoms with Crippen molar-refractivity contribution in [2.45, 2.75) is 41.0 Å². The molecule has 0 aromatic carbocycles. The van der Waals surface area contributed by atoms with Gasteiger partial charge in [0.1, 0.15) is 0 Å². The Kier molecular flexibility index (Phi) is 5.51. The molecule has 0 spiro atoms. The number of hydrogen-bond donors (Lipinski definition) is 0. The van der Waals surface area contributed by atoms with Gasteiger partial charge in [0.2, 0.25) is 0 Å². The van der Waals surface area contributed by atoms with Crippen molar-refractivity contribution in [3.05, 3.63) is 12.2 Å². The number of rotatable bonds is 5. The molecule has 0 unspecified atom stereocenters. The van der Waals surface area contributed by atoms with Gasteiger partial charge in [-0.2, -0.15) is 0 Å². The van der Waals surface area contributed by atoms with Gasteiger partial charge in [0.25, 0.3) is 0 Å². The molecule has 0 aliphatic heterocycles.